The van der Waals surface area contributed by atoms with Crippen molar-refractivity contribution in [1.82, 2.24) is 0 Å². The van der Waals surface area contributed by atoms with E-state index in [-0.39, 0.29) is 11.3 Å². The van der Waals surface area contributed by atoms with Crippen molar-refractivity contribution in [3.63, 3.8) is 0 Å². The molecule has 0 saturated heterocycles. The van der Waals surface area contributed by atoms with Crippen molar-refractivity contribution in [2.45, 2.75) is 0 Å². The number of nitriles is 1. The number of carbonyl (C=O) groups is 1. The fourth-order valence-electron chi connectivity index (χ4n) is 1.08. The Bertz CT molecular complexity index is 553. The number of carbonyl (C=O) groups excluding carboxylic acids is 1. The van der Waals surface area contributed by atoms with Crippen LogP contribution in [0.15, 0.2) is 42.0 Å². The van der Waals surface area contributed by atoms with Gasteiger partial charge in [0.25, 0.3) is 0 Å². The number of allylic oxidation sites excluding steroid dienone is 2. The van der Waals surface area contributed by atoms with Crippen molar-refractivity contribution in [1.29, 1.82) is 5.26 Å². The molecule has 0 amide bonds. The van der Waals surface area contributed by atoms with Gasteiger partial charge in [-0.05, 0) is 23.3 Å². The van der Waals surface area contributed by atoms with Crippen LogP contribution in [0.5, 0.6) is 0 Å². The minimum atomic E-state index is -0.619. The fraction of sp³-hybridized carbons (Fsp3) is 0. The number of nitrogens with zero attached hydrogens (tertiary/aromatic N) is 2. The van der Waals surface area contributed by atoms with Crippen LogP contribution < -0.4 is 0 Å². The Balaban J connectivity index is 2.95. The van der Waals surface area contributed by atoms with E-state index >= 15 is 0 Å². The molecule has 1 aromatic rings. The summed E-state index contributed by atoms with van der Waals surface area (Å²) in [5.41, 5.74) is 0.941. The molecule has 0 unspecified atom stereocenters. The number of hydrogen-bond acceptors (Lipinski definition) is 3. The second-order valence-corrected chi connectivity index (χ2v) is 3.20. The topological polar surface area (TPSA) is 53.2 Å². The molecule has 0 saturated carbocycles. The first-order valence-corrected chi connectivity index (χ1v) is 4.65. The van der Waals surface area contributed by atoms with Gasteiger partial charge in [0.15, 0.2) is 6.29 Å². The number of aldehydes is 1. The molecule has 0 aliphatic heterocycles. The molecule has 0 heterocycles. The number of benzene rings is 1. The predicted octanol–water partition coefficient (Wildman–Crippen LogP) is 2.76. The molecule has 17 heavy (non-hydrogen) atoms. The molecular formula is C13H9FN2O. The third-order valence-electron chi connectivity index (χ3n) is 2.00. The van der Waals surface area contributed by atoms with Gasteiger partial charge in [0.05, 0.1) is 5.56 Å². The van der Waals surface area contributed by atoms with E-state index in [4.69, 9.17) is 5.26 Å². The Hall–Kier alpha value is -2.54. The lowest BCUT2D eigenvalue weighted by Gasteiger charge is -2.01. The summed E-state index contributed by atoms with van der Waals surface area (Å²) in [7, 11) is 0. The molecule has 0 fully saturated rings. The van der Waals surface area contributed by atoms with Gasteiger partial charge in [-0.3, -0.25) is 4.79 Å². The van der Waals surface area contributed by atoms with Gasteiger partial charge in [0.1, 0.15) is 17.6 Å². The van der Waals surface area contributed by atoms with E-state index in [0.717, 1.165) is 0 Å². The van der Waals surface area contributed by atoms with Gasteiger partial charge in [0.2, 0.25) is 0 Å². The molecule has 0 N–H and O–H groups in total. The smallest absolute Gasteiger partial charge is 0.152 e. The quantitative estimate of drug-likeness (QED) is 0.452. The maximum atomic E-state index is 13.3. The van der Waals surface area contributed by atoms with Gasteiger partial charge in [0, 0.05) is 6.21 Å². The second-order valence-electron chi connectivity index (χ2n) is 3.20. The molecule has 1 rings (SSSR count). The molecule has 0 spiro atoms. The zero-order valence-electron chi connectivity index (χ0n) is 8.98. The van der Waals surface area contributed by atoms with Gasteiger partial charge in [-0.25, -0.2) is 9.38 Å². The zero-order valence-corrected chi connectivity index (χ0v) is 8.98. The van der Waals surface area contributed by atoms with Crippen LogP contribution in [0, 0.1) is 17.1 Å². The molecule has 4 heteroatoms. The highest BCUT2D eigenvalue weighted by molar-refractivity contribution is 6.09. The van der Waals surface area contributed by atoms with Crippen molar-refractivity contribution in [2.75, 3.05) is 0 Å². The van der Waals surface area contributed by atoms with Gasteiger partial charge >= 0.3 is 0 Å². The van der Waals surface area contributed by atoms with Crippen LogP contribution >= 0.6 is 0 Å². The minimum Gasteiger partial charge on any atom is -0.298 e. The summed E-state index contributed by atoms with van der Waals surface area (Å²) < 4.78 is 13.3. The minimum absolute atomic E-state index is 0.0140. The average molecular weight is 228 g/mol. The molecule has 0 atom stereocenters. The summed E-state index contributed by atoms with van der Waals surface area (Å²) in [6.07, 6.45) is 1.76. The van der Waals surface area contributed by atoms with Crippen molar-refractivity contribution < 1.29 is 9.18 Å². The summed E-state index contributed by atoms with van der Waals surface area (Å²) in [5.74, 6) is -0.619. The highest BCUT2D eigenvalue weighted by Gasteiger charge is 2.03. The Labute approximate surface area is 98.2 Å². The molecule has 1 aromatic carbocycles. The number of rotatable bonds is 4. The molecule has 0 aromatic heterocycles. The second kappa shape index (κ2) is 5.52. The van der Waals surface area contributed by atoms with Crippen molar-refractivity contribution in [3.05, 3.63) is 54.0 Å². The lowest BCUT2D eigenvalue weighted by Crippen LogP contribution is -1.91. The highest BCUT2D eigenvalue weighted by atomic mass is 19.1. The van der Waals surface area contributed by atoms with Crippen LogP contribution in [0.3, 0.4) is 0 Å². The molecule has 0 aliphatic rings. The van der Waals surface area contributed by atoms with Gasteiger partial charge in [-0.1, -0.05) is 19.2 Å². The summed E-state index contributed by atoms with van der Waals surface area (Å²) in [6.45, 7) is 7.04. The molecule has 3 nitrogen and oxygen atoms in total. The Morgan fingerprint density at radius 2 is 2.18 bits per heavy atom. The summed E-state index contributed by atoms with van der Waals surface area (Å²) in [5, 5.41) is 8.44. The Kier molecular flexibility index (Phi) is 4.07. The normalized spacial score (nSPS) is 9.88. The summed E-state index contributed by atoms with van der Waals surface area (Å²) in [4.78, 5) is 14.1. The van der Waals surface area contributed by atoms with E-state index < -0.39 is 5.82 Å². The van der Waals surface area contributed by atoms with Crippen LogP contribution in [-0.2, 0) is 0 Å². The van der Waals surface area contributed by atoms with Gasteiger partial charge < -0.3 is 0 Å². The SMILES string of the molecule is C=C(C#N)N=CC(=C)c1ccc(C=O)c(F)c1. The lowest BCUT2D eigenvalue weighted by molar-refractivity contribution is 0.112. The third-order valence-corrected chi connectivity index (χ3v) is 2.00. The number of halogens is 1. The van der Waals surface area contributed by atoms with Crippen molar-refractivity contribution in [3.8, 4) is 6.07 Å². The van der Waals surface area contributed by atoms with Crippen LogP contribution in [-0.4, -0.2) is 12.5 Å². The van der Waals surface area contributed by atoms with Crippen LogP contribution in [0.25, 0.3) is 5.57 Å². The standard InChI is InChI=1S/C13H9FN2O/c1-9(7-16-10(2)6-15)11-3-4-12(8-17)13(14)5-11/h3-5,7-8H,1-2H2. The van der Waals surface area contributed by atoms with Crippen LogP contribution in [0.2, 0.25) is 0 Å². The Morgan fingerprint density at radius 1 is 1.47 bits per heavy atom. The zero-order chi connectivity index (χ0) is 12.8. The average Bonchev–Trinajstić information content (AvgIpc) is 2.35. The monoisotopic (exact) mass is 228 g/mol. The van der Waals surface area contributed by atoms with Crippen LogP contribution in [0.1, 0.15) is 15.9 Å². The predicted molar refractivity (Wildman–Crippen MR) is 64.1 cm³/mol. The fourth-order valence-corrected chi connectivity index (χ4v) is 1.08. The molecule has 84 valence electrons. The van der Waals surface area contributed by atoms with Crippen molar-refractivity contribution in [2.24, 2.45) is 4.99 Å². The molecule has 0 aliphatic carbocycles. The van der Waals surface area contributed by atoms with E-state index in [9.17, 15) is 9.18 Å². The van der Waals surface area contributed by atoms with E-state index in [1.54, 1.807) is 12.1 Å². The maximum Gasteiger partial charge on any atom is 0.152 e. The number of hydrogen-bond donors (Lipinski definition) is 0. The van der Waals surface area contributed by atoms with E-state index in [2.05, 4.69) is 18.2 Å². The number of aliphatic imine (C=N–C) groups is 1. The third kappa shape index (κ3) is 3.21. The van der Waals surface area contributed by atoms with E-state index in [1.165, 1.54) is 18.3 Å². The first-order valence-electron chi connectivity index (χ1n) is 4.65. The van der Waals surface area contributed by atoms with Gasteiger partial charge in [-0.15, -0.1) is 0 Å². The van der Waals surface area contributed by atoms with Crippen LogP contribution in [0.4, 0.5) is 4.39 Å². The first kappa shape index (κ1) is 12.5. The molecule has 0 radical (unpaired) electrons. The highest BCUT2D eigenvalue weighted by Crippen LogP contribution is 2.15. The largest absolute Gasteiger partial charge is 0.298 e. The van der Waals surface area contributed by atoms with Gasteiger partial charge in [-0.2, -0.15) is 5.26 Å². The maximum absolute atomic E-state index is 13.3. The molecule has 0 bridgehead atoms. The lowest BCUT2D eigenvalue weighted by atomic mass is 10.1. The first-order chi connectivity index (χ1) is 8.08. The Morgan fingerprint density at radius 3 is 2.71 bits per heavy atom. The van der Waals surface area contributed by atoms with E-state index in [0.29, 0.717) is 17.4 Å². The summed E-state index contributed by atoms with van der Waals surface area (Å²) >= 11 is 0. The van der Waals surface area contributed by atoms with E-state index in [1.807, 2.05) is 0 Å². The van der Waals surface area contributed by atoms with Crippen molar-refractivity contribution >= 4 is 18.1 Å². The molecular weight excluding hydrogens is 219 g/mol. The summed E-state index contributed by atoms with van der Waals surface area (Å²) in [6, 6.07) is 5.84.